The Morgan fingerprint density at radius 3 is 1.45 bits per heavy atom. The van der Waals surface area contributed by atoms with E-state index in [1.54, 1.807) is 48.5 Å². The minimum Gasteiger partial charge on any atom is -0.870 e. The van der Waals surface area contributed by atoms with Crippen LogP contribution in [0.1, 0.15) is 311 Å². The molecule has 11 N–H and O–H groups in total. The molecule has 0 spiro atoms. The zero-order valence-corrected chi connectivity index (χ0v) is 84.1. The summed E-state index contributed by atoms with van der Waals surface area (Å²) >= 11 is 0. The molecule has 4 unspecified atom stereocenters. The molecule has 33 nitrogen and oxygen atoms in total. The van der Waals surface area contributed by atoms with Crippen LogP contribution in [-0.4, -0.2) is 314 Å². The Morgan fingerprint density at radius 2 is 0.985 bits per heavy atom. The second kappa shape index (κ2) is 60.8. The Hall–Kier alpha value is -5.61. The standard InChI is InChI=1S/C47H85BN6O8.C19H36N2O4.C18H34N2O4.C11H20N2O4.Li.H2O/c1-8-9-10-11-12-17-23-54-24-22-51-37(30-54)39(57)27-34(18-13-15-20-49)45(60)53-43(33(4)55)40(58)25-31(2)44(59)52-36(19-14-16-21-50)38(56)26-32(3)48-61-42-29-35-28-41(46(35,5)6)47(42,7)62-48;1-6-7-8-9-10-11-12-20-13-14-21(16(15-20)17(22)24-5)18(23)25-19(2,3)4;1-5-6-7-8-9-10-11-19-12-13-20(15(14-19)16(21)22)17(23)24-18(2,3)4;1-11(2,3)17-10(15)13-6-5-12-7-8(13)9(14)16-4;;/h31-37,41-43,51,55H,8-30,49-50H2,1-7H3,(H,52,59)(H,53,60);16H,6-15H2,1-5H3;15H,5-14H2,1-4H3,(H,21,22);8,12H,5-7H2,1-4H3;;1H2/q;;;;+1;/p-1/t31-,32-,33-,34-,35+,36+,37?,41+,42-,43+,47+;;;;;/m1...../s1. The van der Waals surface area contributed by atoms with Gasteiger partial charge in [0.1, 0.15) is 41.0 Å². The molecule has 8 aliphatic rings. The molecule has 14 atom stereocenters. The third-order valence-electron chi connectivity index (χ3n) is 25.9. The number of unbranched alkanes of at least 4 members (excludes halogenated alkanes) is 17. The number of aliphatic carboxylic acids is 1. The van der Waals surface area contributed by atoms with E-state index in [4.69, 9.17) is 39.7 Å². The maximum Gasteiger partial charge on any atom is 1.00 e. The largest absolute Gasteiger partial charge is 1.00 e. The first-order chi connectivity index (χ1) is 60.3. The molecule has 0 aromatic rings. The topological polar surface area (TPSA) is 442 Å². The Balaban J connectivity index is 0.000000686. The van der Waals surface area contributed by atoms with E-state index in [1.165, 1.54) is 132 Å². The van der Waals surface area contributed by atoms with Gasteiger partial charge in [-0.1, -0.05) is 151 Å². The molecule has 746 valence electrons. The number of Topliss-reactive ketones (excluding diaryl/α,β-unsaturated/α-hetero) is 3. The zero-order valence-electron chi connectivity index (χ0n) is 84.1. The van der Waals surface area contributed by atoms with E-state index in [1.807, 2.05) is 27.7 Å². The van der Waals surface area contributed by atoms with Crippen LogP contribution in [0.15, 0.2) is 0 Å². The van der Waals surface area contributed by atoms with E-state index < -0.39 is 120 Å². The van der Waals surface area contributed by atoms with Crippen LogP contribution in [0.2, 0.25) is 5.82 Å². The van der Waals surface area contributed by atoms with Gasteiger partial charge in [0.25, 0.3) is 0 Å². The van der Waals surface area contributed by atoms with Crippen LogP contribution in [0.3, 0.4) is 0 Å². The molecule has 5 aliphatic heterocycles. The Labute approximate surface area is 792 Å². The Kier molecular flexibility index (Phi) is 56.3. The third kappa shape index (κ3) is 41.9. The van der Waals surface area contributed by atoms with Crippen molar-refractivity contribution < 1.29 is 120 Å². The molecular formula is C95H176BLiN12O21. The number of carboxylic acids is 1. The van der Waals surface area contributed by atoms with Crippen LogP contribution in [0.25, 0.3) is 0 Å². The van der Waals surface area contributed by atoms with Gasteiger partial charge in [0.15, 0.2) is 17.3 Å². The zero-order chi connectivity index (χ0) is 95.7. The average Bonchev–Trinajstić information content (AvgIpc) is 1.43. The van der Waals surface area contributed by atoms with Crippen molar-refractivity contribution in [3.63, 3.8) is 0 Å². The van der Waals surface area contributed by atoms with Crippen LogP contribution >= 0.6 is 0 Å². The summed E-state index contributed by atoms with van der Waals surface area (Å²) in [4.78, 5) is 152. The molecule has 5 heterocycles. The van der Waals surface area contributed by atoms with E-state index in [-0.39, 0.29) is 90.1 Å². The molecule has 0 aromatic carbocycles. The minimum absolute atomic E-state index is 0. The number of aliphatic hydroxyl groups excluding tert-OH is 1. The number of methoxy groups -OCH3 is 2. The number of carbonyl (C=O) groups excluding carboxylic acids is 10. The van der Waals surface area contributed by atoms with Gasteiger partial charge >= 0.3 is 62.2 Å². The fourth-order valence-electron chi connectivity index (χ4n) is 18.2. The summed E-state index contributed by atoms with van der Waals surface area (Å²) in [7, 11) is 2.16. The summed E-state index contributed by atoms with van der Waals surface area (Å²) in [5.74, 6) is -4.14. The molecule has 8 rings (SSSR count). The normalized spacial score (nSPS) is 22.9. The van der Waals surface area contributed by atoms with Crippen molar-refractivity contribution in [1.29, 1.82) is 0 Å². The van der Waals surface area contributed by atoms with Gasteiger partial charge in [-0.05, 0) is 196 Å². The summed E-state index contributed by atoms with van der Waals surface area (Å²) in [6.45, 7) is 45.3. The quantitative estimate of drug-likeness (QED) is 0.0122. The number of rotatable bonds is 47. The van der Waals surface area contributed by atoms with Crippen molar-refractivity contribution in [2.75, 3.05) is 125 Å². The second-order valence-corrected chi connectivity index (χ2v) is 40.6. The van der Waals surface area contributed by atoms with Gasteiger partial charge < -0.3 is 86.3 Å². The first-order valence-electron chi connectivity index (χ1n) is 48.9. The van der Waals surface area contributed by atoms with Gasteiger partial charge in [0.2, 0.25) is 11.8 Å². The number of esters is 2. The molecule has 3 saturated carbocycles. The monoisotopic (exact) mass is 1840 g/mol. The predicted molar refractivity (Wildman–Crippen MR) is 500 cm³/mol. The van der Waals surface area contributed by atoms with Crippen LogP contribution in [0, 0.1) is 29.1 Å². The van der Waals surface area contributed by atoms with E-state index in [9.17, 15) is 63.0 Å². The summed E-state index contributed by atoms with van der Waals surface area (Å²) < 4.78 is 38.7. The molecule has 3 aliphatic carbocycles. The van der Waals surface area contributed by atoms with Gasteiger partial charge in [-0.15, -0.1) is 0 Å². The summed E-state index contributed by atoms with van der Waals surface area (Å²) in [6.07, 6.45) is 24.8. The van der Waals surface area contributed by atoms with Crippen molar-refractivity contribution in [2.24, 2.45) is 40.6 Å². The molecule has 8 fully saturated rings. The first kappa shape index (κ1) is 120. The number of ether oxygens (including phenoxy) is 5. The molecule has 35 heteroatoms. The maximum atomic E-state index is 13.9. The SMILES string of the molecule is CCCCCCCCN1CCN(C(=O)OC(C)(C)C)C(C(=O)O)C1.CCCCCCCCN1CCN(C(=O)OC(C)(C)C)C(C(=O)OC)C1.CCCCCCCCN1CCNC(C(=O)C[C@@H](CCCCN)C(=O)N[C@H](C(=O)C[C@@H](C)C(=O)N[C@@H](CCCCN)C(=O)C[C@@H](C)B2O[C@@H]3C[C@@H]4C[C@@H](C4(C)C)[C@]3(C)O2)[C@@H](C)O)C1.COC(=O)C1CNCCN1C(=O)OC(C)(C)C.[Li+].[OH-]. The molecule has 5 amide bonds. The summed E-state index contributed by atoms with van der Waals surface area (Å²) in [5, 5.41) is 32.3. The smallest absolute Gasteiger partial charge is 0.870 e. The van der Waals surface area contributed by atoms with Crippen LogP contribution in [-0.2, 0) is 71.3 Å². The van der Waals surface area contributed by atoms with Crippen molar-refractivity contribution in [3.05, 3.63) is 0 Å². The van der Waals surface area contributed by atoms with E-state index in [0.29, 0.717) is 129 Å². The number of ketones is 3. The Bertz CT molecular complexity index is 3370. The maximum absolute atomic E-state index is 13.9. The van der Waals surface area contributed by atoms with Crippen LogP contribution in [0.4, 0.5) is 14.4 Å². The number of piperazine rings is 4. The number of nitrogens with zero attached hydrogens (tertiary/aromatic N) is 6. The third-order valence-corrected chi connectivity index (χ3v) is 25.9. The molecule has 0 radical (unpaired) electrons. The molecule has 130 heavy (non-hydrogen) atoms. The molecule has 2 bridgehead atoms. The van der Waals surface area contributed by atoms with Gasteiger partial charge in [0.05, 0.1) is 44.1 Å². The number of carbonyl (C=O) groups is 11. The van der Waals surface area contributed by atoms with E-state index >= 15 is 0 Å². The Morgan fingerprint density at radius 1 is 0.531 bits per heavy atom. The molecule has 0 aromatic heterocycles. The van der Waals surface area contributed by atoms with Crippen LogP contribution in [0.5, 0.6) is 0 Å². The van der Waals surface area contributed by atoms with E-state index in [2.05, 4.69) is 82.2 Å². The average molecular weight is 1840 g/mol. The molecular weight excluding hydrogens is 1660 g/mol. The van der Waals surface area contributed by atoms with Gasteiger partial charge in [-0.25, -0.2) is 28.8 Å². The first-order valence-corrected chi connectivity index (χ1v) is 48.9. The summed E-state index contributed by atoms with van der Waals surface area (Å²) in [6, 6.07) is -4.46. The van der Waals surface area contributed by atoms with Crippen molar-refractivity contribution >= 4 is 72.5 Å². The fourth-order valence-corrected chi connectivity index (χ4v) is 18.2. The van der Waals surface area contributed by atoms with E-state index in [0.717, 1.165) is 64.8 Å². The summed E-state index contributed by atoms with van der Waals surface area (Å²) in [5.41, 5.74) is 9.59. The number of aliphatic hydroxyl groups is 1. The number of amides is 5. The number of hydrogen-bond acceptors (Lipinski definition) is 27. The number of nitrogens with one attached hydrogen (secondary N) is 4. The van der Waals surface area contributed by atoms with Crippen molar-refractivity contribution in [2.45, 2.75) is 388 Å². The molecule has 5 saturated heterocycles. The van der Waals surface area contributed by atoms with Crippen molar-refractivity contribution in [1.82, 2.24) is 50.7 Å². The van der Waals surface area contributed by atoms with Gasteiger partial charge in [-0.2, -0.15) is 0 Å². The number of hydrogen-bond donors (Lipinski definition) is 8. The van der Waals surface area contributed by atoms with Crippen molar-refractivity contribution in [3.8, 4) is 0 Å². The van der Waals surface area contributed by atoms with Gasteiger partial charge in [0, 0.05) is 110 Å². The van der Waals surface area contributed by atoms with Gasteiger partial charge in [-0.3, -0.25) is 48.5 Å². The number of carboxylic acid groups (broad SMARTS) is 1. The predicted octanol–water partition coefficient (Wildman–Crippen LogP) is 8.47. The number of nitrogens with two attached hydrogens (primary N) is 2. The van der Waals surface area contributed by atoms with Crippen LogP contribution < -0.4 is 51.6 Å². The second-order valence-electron chi connectivity index (χ2n) is 40.6. The minimum atomic E-state index is -1.28. The fraction of sp³-hybridized carbons (Fsp3) is 0.884.